The van der Waals surface area contributed by atoms with E-state index in [1.54, 1.807) is 12.4 Å². The fourth-order valence-corrected chi connectivity index (χ4v) is 2.33. The molecule has 1 atom stereocenters. The number of aliphatic hydroxyl groups excluding tert-OH is 1. The highest BCUT2D eigenvalue weighted by Gasteiger charge is 2.23. The molecule has 1 aliphatic heterocycles. The molecule has 1 unspecified atom stereocenters. The Balaban J connectivity index is 1.84. The number of likely N-dealkylation sites (tertiary alicyclic amines) is 1. The monoisotopic (exact) mass is 263 g/mol. The fraction of sp³-hybridized carbons (Fsp3) is 0.571. The number of amides is 2. The average molecular weight is 263 g/mol. The van der Waals surface area contributed by atoms with Crippen LogP contribution in [-0.2, 0) is 0 Å². The first-order valence-corrected chi connectivity index (χ1v) is 6.77. The summed E-state index contributed by atoms with van der Waals surface area (Å²) >= 11 is 0. The van der Waals surface area contributed by atoms with E-state index in [-0.39, 0.29) is 18.7 Å². The molecule has 0 saturated carbocycles. The molecular formula is C14H21N3O2. The Hall–Kier alpha value is -1.62. The average Bonchev–Trinajstić information content (AvgIpc) is 2.48. The number of carbonyl (C=O) groups is 1. The van der Waals surface area contributed by atoms with Gasteiger partial charge in [-0.05, 0) is 43.4 Å². The minimum atomic E-state index is -0.0271. The van der Waals surface area contributed by atoms with Crippen LogP contribution in [0.15, 0.2) is 24.5 Å². The van der Waals surface area contributed by atoms with Crippen molar-refractivity contribution < 1.29 is 9.90 Å². The maximum absolute atomic E-state index is 12.1. The van der Waals surface area contributed by atoms with Crippen molar-refractivity contribution >= 4 is 6.03 Å². The summed E-state index contributed by atoms with van der Waals surface area (Å²) in [6.45, 7) is 3.64. The Morgan fingerprint density at radius 1 is 1.47 bits per heavy atom. The number of nitrogens with one attached hydrogen (secondary N) is 1. The number of aromatic nitrogens is 1. The maximum Gasteiger partial charge on any atom is 0.317 e. The van der Waals surface area contributed by atoms with Gasteiger partial charge in [-0.1, -0.05) is 0 Å². The highest BCUT2D eigenvalue weighted by Crippen LogP contribution is 2.17. The summed E-state index contributed by atoms with van der Waals surface area (Å²) in [4.78, 5) is 17.9. The van der Waals surface area contributed by atoms with Crippen molar-refractivity contribution in [2.45, 2.75) is 25.8 Å². The molecule has 1 aromatic rings. The predicted molar refractivity (Wildman–Crippen MR) is 72.6 cm³/mol. The standard InChI is InChI=1S/C14H21N3O2/c1-11(13-2-6-15-7-3-13)16-14(19)17-8-4-12(10-18)5-9-17/h2-3,6-7,11-12,18H,4-5,8-10H2,1H3,(H,16,19). The molecule has 1 aromatic heterocycles. The molecule has 5 nitrogen and oxygen atoms in total. The van der Waals surface area contributed by atoms with Crippen LogP contribution in [0, 0.1) is 5.92 Å². The van der Waals surface area contributed by atoms with Crippen LogP contribution in [0.25, 0.3) is 0 Å². The number of urea groups is 1. The SMILES string of the molecule is CC(NC(=O)N1CCC(CO)CC1)c1ccncc1. The molecule has 0 bridgehead atoms. The van der Waals surface area contributed by atoms with Gasteiger partial charge in [-0.2, -0.15) is 0 Å². The van der Waals surface area contributed by atoms with Gasteiger partial charge in [0, 0.05) is 32.1 Å². The van der Waals surface area contributed by atoms with Crippen LogP contribution in [0.5, 0.6) is 0 Å². The van der Waals surface area contributed by atoms with Crippen LogP contribution in [0.3, 0.4) is 0 Å². The third kappa shape index (κ3) is 3.67. The summed E-state index contributed by atoms with van der Waals surface area (Å²) in [5.74, 6) is 0.349. The van der Waals surface area contributed by atoms with Gasteiger partial charge in [-0.15, -0.1) is 0 Å². The van der Waals surface area contributed by atoms with E-state index in [0.29, 0.717) is 5.92 Å². The van der Waals surface area contributed by atoms with Gasteiger partial charge in [0.25, 0.3) is 0 Å². The van der Waals surface area contributed by atoms with Crippen LogP contribution in [-0.4, -0.2) is 40.7 Å². The molecule has 19 heavy (non-hydrogen) atoms. The van der Waals surface area contributed by atoms with Gasteiger partial charge in [0.15, 0.2) is 0 Å². The van der Waals surface area contributed by atoms with E-state index >= 15 is 0 Å². The zero-order chi connectivity index (χ0) is 13.7. The van der Waals surface area contributed by atoms with Gasteiger partial charge in [-0.25, -0.2) is 4.79 Å². The van der Waals surface area contributed by atoms with E-state index in [1.807, 2.05) is 24.0 Å². The van der Waals surface area contributed by atoms with Gasteiger partial charge >= 0.3 is 6.03 Å². The highest BCUT2D eigenvalue weighted by atomic mass is 16.3. The van der Waals surface area contributed by atoms with Crippen molar-refractivity contribution in [1.82, 2.24) is 15.2 Å². The Labute approximate surface area is 113 Å². The zero-order valence-electron chi connectivity index (χ0n) is 11.2. The summed E-state index contributed by atoms with van der Waals surface area (Å²) < 4.78 is 0. The van der Waals surface area contributed by atoms with Crippen LogP contribution in [0.2, 0.25) is 0 Å². The number of hydrogen-bond acceptors (Lipinski definition) is 3. The minimum absolute atomic E-state index is 0.0222. The third-order valence-electron chi connectivity index (χ3n) is 3.71. The van der Waals surface area contributed by atoms with Gasteiger partial charge in [0.1, 0.15) is 0 Å². The van der Waals surface area contributed by atoms with Gasteiger partial charge in [-0.3, -0.25) is 4.98 Å². The van der Waals surface area contributed by atoms with Crippen molar-refractivity contribution in [2.24, 2.45) is 5.92 Å². The van der Waals surface area contributed by atoms with Crippen molar-refractivity contribution in [3.63, 3.8) is 0 Å². The smallest absolute Gasteiger partial charge is 0.317 e. The first-order chi connectivity index (χ1) is 9.20. The molecule has 2 amide bonds. The van der Waals surface area contributed by atoms with Crippen LogP contribution in [0.4, 0.5) is 4.79 Å². The Morgan fingerprint density at radius 3 is 2.68 bits per heavy atom. The van der Waals surface area contributed by atoms with Gasteiger partial charge in [0.05, 0.1) is 6.04 Å². The second-order valence-corrected chi connectivity index (χ2v) is 5.06. The molecular weight excluding hydrogens is 242 g/mol. The largest absolute Gasteiger partial charge is 0.396 e. The Kier molecular flexibility index (Phi) is 4.74. The molecule has 1 fully saturated rings. The van der Waals surface area contributed by atoms with E-state index in [4.69, 9.17) is 5.11 Å². The number of hydrogen-bond donors (Lipinski definition) is 2. The van der Waals surface area contributed by atoms with Crippen molar-refractivity contribution in [3.8, 4) is 0 Å². The molecule has 1 saturated heterocycles. The van der Waals surface area contributed by atoms with Crippen LogP contribution < -0.4 is 5.32 Å². The Bertz CT molecular complexity index is 402. The number of nitrogens with zero attached hydrogens (tertiary/aromatic N) is 2. The third-order valence-corrected chi connectivity index (χ3v) is 3.71. The lowest BCUT2D eigenvalue weighted by Crippen LogP contribution is -2.45. The maximum atomic E-state index is 12.1. The molecule has 2 rings (SSSR count). The molecule has 2 N–H and O–H groups in total. The highest BCUT2D eigenvalue weighted by molar-refractivity contribution is 5.74. The Morgan fingerprint density at radius 2 is 2.11 bits per heavy atom. The molecule has 1 aliphatic rings. The summed E-state index contributed by atoms with van der Waals surface area (Å²) in [5, 5.41) is 12.1. The molecule has 0 aliphatic carbocycles. The molecule has 5 heteroatoms. The first-order valence-electron chi connectivity index (χ1n) is 6.77. The van der Waals surface area contributed by atoms with E-state index < -0.39 is 0 Å². The van der Waals surface area contributed by atoms with Crippen molar-refractivity contribution in [3.05, 3.63) is 30.1 Å². The second-order valence-electron chi connectivity index (χ2n) is 5.06. The zero-order valence-corrected chi connectivity index (χ0v) is 11.2. The first kappa shape index (κ1) is 13.8. The second kappa shape index (κ2) is 6.52. The topological polar surface area (TPSA) is 65.5 Å². The summed E-state index contributed by atoms with van der Waals surface area (Å²) in [6, 6.07) is 3.76. The van der Waals surface area contributed by atoms with E-state index in [0.717, 1.165) is 31.5 Å². The molecule has 0 radical (unpaired) electrons. The number of rotatable bonds is 3. The van der Waals surface area contributed by atoms with E-state index in [9.17, 15) is 4.79 Å². The lowest BCUT2D eigenvalue weighted by atomic mass is 9.98. The minimum Gasteiger partial charge on any atom is -0.396 e. The molecule has 104 valence electrons. The van der Waals surface area contributed by atoms with Crippen molar-refractivity contribution in [1.29, 1.82) is 0 Å². The summed E-state index contributed by atoms with van der Waals surface area (Å²) in [5.41, 5.74) is 1.05. The van der Waals surface area contributed by atoms with Crippen LogP contribution in [0.1, 0.15) is 31.4 Å². The summed E-state index contributed by atoms with van der Waals surface area (Å²) in [6.07, 6.45) is 5.22. The number of aliphatic hydroxyl groups is 1. The number of carbonyl (C=O) groups excluding carboxylic acids is 1. The van der Waals surface area contributed by atoms with E-state index in [1.165, 1.54) is 0 Å². The quantitative estimate of drug-likeness (QED) is 0.869. The van der Waals surface area contributed by atoms with E-state index in [2.05, 4.69) is 10.3 Å². The van der Waals surface area contributed by atoms with Crippen molar-refractivity contribution in [2.75, 3.05) is 19.7 Å². The summed E-state index contributed by atoms with van der Waals surface area (Å²) in [7, 11) is 0. The van der Waals surface area contributed by atoms with Gasteiger partial charge in [0.2, 0.25) is 0 Å². The van der Waals surface area contributed by atoms with Gasteiger partial charge < -0.3 is 15.3 Å². The lowest BCUT2D eigenvalue weighted by Gasteiger charge is -2.32. The number of pyridine rings is 1. The normalized spacial score (nSPS) is 18.1. The fourth-order valence-electron chi connectivity index (χ4n) is 2.33. The molecule has 0 spiro atoms. The van der Waals surface area contributed by atoms with Crippen LogP contribution >= 0.6 is 0 Å². The predicted octanol–water partition coefficient (Wildman–Crippen LogP) is 1.56. The lowest BCUT2D eigenvalue weighted by molar-refractivity contribution is 0.136. The number of piperidine rings is 1. The molecule has 2 heterocycles. The molecule has 0 aromatic carbocycles.